The van der Waals surface area contributed by atoms with Crippen LogP contribution in [0.15, 0.2) is 36.4 Å². The second-order valence-corrected chi connectivity index (χ2v) is 8.54. The number of benzene rings is 2. The molecule has 3 heterocycles. The van der Waals surface area contributed by atoms with Crippen molar-refractivity contribution < 1.29 is 14.2 Å². The molecule has 32 heavy (non-hydrogen) atoms. The zero-order valence-electron chi connectivity index (χ0n) is 18.8. The summed E-state index contributed by atoms with van der Waals surface area (Å²) in [6.07, 6.45) is 3.01. The number of aryl methyl sites for hydroxylation is 1. The van der Waals surface area contributed by atoms with Gasteiger partial charge < -0.3 is 19.5 Å². The van der Waals surface area contributed by atoms with E-state index in [0.29, 0.717) is 19.4 Å². The third-order valence-corrected chi connectivity index (χ3v) is 6.34. The van der Waals surface area contributed by atoms with Crippen molar-refractivity contribution in [3.8, 4) is 11.5 Å². The van der Waals surface area contributed by atoms with Crippen LogP contribution < -0.4 is 14.8 Å². The molecule has 2 aliphatic heterocycles. The standard InChI is InChI=1S/C25H30N4O3/c1-3-22-20-6-4-18(15-30-2)12-21(20)25(28-27-22)26-19-8-10-29(11-9-19)14-17-5-7-23-24(13-17)32-16-31-23/h4-7,12-13,19H,3,8-11,14-16H2,1-2H3,(H,26,28). The fraction of sp³-hybridized carbons (Fsp3) is 0.440. The van der Waals surface area contributed by atoms with E-state index in [1.54, 1.807) is 7.11 Å². The SMILES string of the molecule is CCc1nnc(NC2CCN(Cc3ccc4c(c3)OCO4)CC2)c2cc(COC)ccc12. The van der Waals surface area contributed by atoms with Crippen molar-refractivity contribution in [1.29, 1.82) is 0 Å². The number of methoxy groups -OCH3 is 1. The molecule has 5 rings (SSSR count). The minimum absolute atomic E-state index is 0.319. The maximum Gasteiger partial charge on any atom is 0.231 e. The summed E-state index contributed by atoms with van der Waals surface area (Å²) in [5.41, 5.74) is 3.45. The van der Waals surface area contributed by atoms with Gasteiger partial charge in [-0.25, -0.2) is 0 Å². The fourth-order valence-electron chi connectivity index (χ4n) is 4.61. The van der Waals surface area contributed by atoms with E-state index in [2.05, 4.69) is 57.7 Å². The van der Waals surface area contributed by atoms with E-state index in [0.717, 1.165) is 72.9 Å². The Morgan fingerprint density at radius 3 is 2.62 bits per heavy atom. The number of hydrogen-bond acceptors (Lipinski definition) is 7. The molecule has 1 N–H and O–H groups in total. The maximum atomic E-state index is 5.52. The molecule has 2 aliphatic rings. The predicted molar refractivity (Wildman–Crippen MR) is 124 cm³/mol. The van der Waals surface area contributed by atoms with Gasteiger partial charge in [0.2, 0.25) is 6.79 Å². The summed E-state index contributed by atoms with van der Waals surface area (Å²) in [7, 11) is 1.73. The normalized spacial score (nSPS) is 16.6. The average molecular weight is 435 g/mol. The number of likely N-dealkylation sites (tertiary alicyclic amines) is 1. The molecular formula is C25H30N4O3. The summed E-state index contributed by atoms with van der Waals surface area (Å²) >= 11 is 0. The van der Waals surface area contributed by atoms with Crippen LogP contribution in [0, 0.1) is 0 Å². The summed E-state index contributed by atoms with van der Waals surface area (Å²) in [5.74, 6) is 2.57. The highest BCUT2D eigenvalue weighted by Crippen LogP contribution is 2.33. The molecule has 1 saturated heterocycles. The lowest BCUT2D eigenvalue weighted by Crippen LogP contribution is -2.38. The molecule has 1 fully saturated rings. The van der Waals surface area contributed by atoms with Gasteiger partial charge in [-0.05, 0) is 48.6 Å². The van der Waals surface area contributed by atoms with Crippen molar-refractivity contribution in [3.63, 3.8) is 0 Å². The Morgan fingerprint density at radius 2 is 1.81 bits per heavy atom. The van der Waals surface area contributed by atoms with Crippen molar-refractivity contribution >= 4 is 16.6 Å². The molecule has 0 amide bonds. The number of rotatable bonds is 7. The van der Waals surface area contributed by atoms with Crippen molar-refractivity contribution in [2.75, 3.05) is 32.3 Å². The molecule has 0 bridgehead atoms. The number of aromatic nitrogens is 2. The quantitative estimate of drug-likeness (QED) is 0.599. The van der Waals surface area contributed by atoms with Crippen LogP contribution in [0.4, 0.5) is 5.82 Å². The number of nitrogens with zero attached hydrogens (tertiary/aromatic N) is 3. The van der Waals surface area contributed by atoms with Gasteiger partial charge >= 0.3 is 0 Å². The van der Waals surface area contributed by atoms with Gasteiger partial charge in [0.1, 0.15) is 0 Å². The zero-order valence-corrected chi connectivity index (χ0v) is 18.8. The Balaban J connectivity index is 1.25. The van der Waals surface area contributed by atoms with Crippen molar-refractivity contribution in [1.82, 2.24) is 15.1 Å². The molecule has 0 unspecified atom stereocenters. The van der Waals surface area contributed by atoms with E-state index in [4.69, 9.17) is 14.2 Å². The zero-order chi connectivity index (χ0) is 21.9. The topological polar surface area (TPSA) is 68.7 Å². The summed E-state index contributed by atoms with van der Waals surface area (Å²) in [6, 6.07) is 13.1. The van der Waals surface area contributed by atoms with Gasteiger partial charge in [-0.1, -0.05) is 25.1 Å². The molecule has 0 aliphatic carbocycles. The highest BCUT2D eigenvalue weighted by Gasteiger charge is 2.22. The Morgan fingerprint density at radius 1 is 1.00 bits per heavy atom. The molecule has 0 radical (unpaired) electrons. The van der Waals surface area contributed by atoms with E-state index in [9.17, 15) is 0 Å². The second kappa shape index (κ2) is 9.30. The molecule has 0 atom stereocenters. The highest BCUT2D eigenvalue weighted by molar-refractivity contribution is 5.93. The third-order valence-electron chi connectivity index (χ3n) is 6.34. The molecule has 7 nitrogen and oxygen atoms in total. The minimum atomic E-state index is 0.319. The van der Waals surface area contributed by atoms with Crippen LogP contribution in [0.1, 0.15) is 36.6 Å². The van der Waals surface area contributed by atoms with Gasteiger partial charge in [0.05, 0.1) is 12.3 Å². The first-order valence-corrected chi connectivity index (χ1v) is 11.4. The number of nitrogens with one attached hydrogen (secondary N) is 1. The van der Waals surface area contributed by atoms with Crippen LogP contribution in [-0.4, -0.2) is 48.1 Å². The van der Waals surface area contributed by atoms with E-state index in [1.807, 2.05) is 6.07 Å². The van der Waals surface area contributed by atoms with E-state index in [-0.39, 0.29) is 0 Å². The van der Waals surface area contributed by atoms with Crippen LogP contribution in [-0.2, 0) is 24.3 Å². The van der Waals surface area contributed by atoms with Gasteiger partial charge in [0.25, 0.3) is 0 Å². The van der Waals surface area contributed by atoms with Gasteiger partial charge in [0, 0.05) is 43.6 Å². The predicted octanol–water partition coefficient (Wildman–Crippen LogP) is 4.14. The molecule has 1 aromatic heterocycles. The number of hydrogen-bond donors (Lipinski definition) is 1. The van der Waals surface area contributed by atoms with Crippen LogP contribution in [0.2, 0.25) is 0 Å². The van der Waals surface area contributed by atoms with Gasteiger partial charge in [-0.15, -0.1) is 5.10 Å². The highest BCUT2D eigenvalue weighted by atomic mass is 16.7. The number of fused-ring (bicyclic) bond motifs is 2. The lowest BCUT2D eigenvalue weighted by molar-refractivity contribution is 0.173. The molecule has 7 heteroatoms. The fourth-order valence-corrected chi connectivity index (χ4v) is 4.61. The van der Waals surface area contributed by atoms with Crippen LogP contribution in [0.3, 0.4) is 0 Å². The summed E-state index contributed by atoms with van der Waals surface area (Å²) in [5, 5.41) is 15.0. The molecule has 0 saturated carbocycles. The maximum absolute atomic E-state index is 5.52. The van der Waals surface area contributed by atoms with Crippen LogP contribution in [0.25, 0.3) is 10.8 Å². The Labute approximate surface area is 188 Å². The second-order valence-electron chi connectivity index (χ2n) is 8.54. The number of piperidine rings is 1. The van der Waals surface area contributed by atoms with Gasteiger partial charge in [0.15, 0.2) is 17.3 Å². The lowest BCUT2D eigenvalue weighted by Gasteiger charge is -2.32. The van der Waals surface area contributed by atoms with Gasteiger partial charge in [-0.2, -0.15) is 5.10 Å². The minimum Gasteiger partial charge on any atom is -0.454 e. The summed E-state index contributed by atoms with van der Waals surface area (Å²) in [6.45, 7) is 6.04. The monoisotopic (exact) mass is 434 g/mol. The average Bonchev–Trinajstić information content (AvgIpc) is 3.29. The summed E-state index contributed by atoms with van der Waals surface area (Å²) < 4.78 is 16.3. The Hall–Kier alpha value is -2.90. The first-order valence-electron chi connectivity index (χ1n) is 11.4. The summed E-state index contributed by atoms with van der Waals surface area (Å²) in [4.78, 5) is 2.50. The third kappa shape index (κ3) is 4.36. The van der Waals surface area contributed by atoms with Crippen molar-refractivity contribution in [3.05, 3.63) is 53.2 Å². The van der Waals surface area contributed by atoms with Gasteiger partial charge in [-0.3, -0.25) is 4.90 Å². The van der Waals surface area contributed by atoms with Crippen LogP contribution in [0.5, 0.6) is 11.5 Å². The van der Waals surface area contributed by atoms with Crippen LogP contribution >= 0.6 is 0 Å². The number of anilines is 1. The Bertz CT molecular complexity index is 1100. The van der Waals surface area contributed by atoms with Crippen molar-refractivity contribution in [2.45, 2.75) is 45.4 Å². The Kier molecular flexibility index (Phi) is 6.10. The molecule has 0 spiro atoms. The first kappa shape index (κ1) is 21.0. The molecule has 168 valence electrons. The molecular weight excluding hydrogens is 404 g/mol. The lowest BCUT2D eigenvalue weighted by atomic mass is 10.0. The van der Waals surface area contributed by atoms with E-state index < -0.39 is 0 Å². The van der Waals surface area contributed by atoms with E-state index in [1.165, 1.54) is 10.9 Å². The number of ether oxygens (including phenoxy) is 3. The van der Waals surface area contributed by atoms with E-state index >= 15 is 0 Å². The molecule has 3 aromatic rings. The molecule has 2 aromatic carbocycles. The van der Waals surface area contributed by atoms with Crippen molar-refractivity contribution in [2.24, 2.45) is 0 Å². The largest absolute Gasteiger partial charge is 0.454 e. The smallest absolute Gasteiger partial charge is 0.231 e. The first-order chi connectivity index (χ1) is 15.7.